The van der Waals surface area contributed by atoms with Gasteiger partial charge in [-0.05, 0) is 45.0 Å². The maximum Gasteiger partial charge on any atom is 0.319 e. The van der Waals surface area contributed by atoms with Gasteiger partial charge in [0.2, 0.25) is 5.91 Å². The number of Topliss-reactive ketones (excluding diaryl/α,β-unsaturated/α-hetero) is 1. The Bertz CT molecular complexity index is 796. The van der Waals surface area contributed by atoms with Crippen molar-refractivity contribution in [2.45, 2.75) is 39.7 Å². The first-order valence-electron chi connectivity index (χ1n) is 8.91. The average Bonchev–Trinajstić information content (AvgIpc) is 2.61. The number of anilines is 2. The third kappa shape index (κ3) is 6.93. The lowest BCUT2D eigenvalue weighted by Gasteiger charge is -2.11. The molecule has 0 saturated heterocycles. The van der Waals surface area contributed by atoms with Crippen molar-refractivity contribution in [1.82, 2.24) is 5.32 Å². The number of aryl methyl sites for hydroxylation is 1. The molecule has 0 aliphatic heterocycles. The lowest BCUT2D eigenvalue weighted by Crippen LogP contribution is -2.34. The zero-order valence-electron chi connectivity index (χ0n) is 15.8. The van der Waals surface area contributed by atoms with Gasteiger partial charge in [0, 0.05) is 35.8 Å². The van der Waals surface area contributed by atoms with Crippen molar-refractivity contribution >= 4 is 29.1 Å². The first-order chi connectivity index (χ1) is 12.8. The molecule has 0 bridgehead atoms. The van der Waals surface area contributed by atoms with Crippen LogP contribution in [0.1, 0.15) is 42.6 Å². The minimum atomic E-state index is -0.281. The standard InChI is InChI=1S/C21H25N3O3/c1-14(2)22-21(27)24-18-10-8-17(9-11-18)23-20(26)13-12-19(25)16-6-4-15(3)5-7-16/h4-11,14H,12-13H2,1-3H3,(H,23,26)(H2,22,24,27). The smallest absolute Gasteiger partial charge is 0.319 e. The quantitative estimate of drug-likeness (QED) is 0.643. The molecule has 3 amide bonds. The number of carbonyl (C=O) groups is 3. The maximum absolute atomic E-state index is 12.1. The molecule has 0 atom stereocenters. The highest BCUT2D eigenvalue weighted by molar-refractivity contribution is 6.00. The molecule has 6 heteroatoms. The number of hydrogen-bond acceptors (Lipinski definition) is 3. The summed E-state index contributed by atoms with van der Waals surface area (Å²) < 4.78 is 0. The molecule has 6 nitrogen and oxygen atoms in total. The maximum atomic E-state index is 12.1. The largest absolute Gasteiger partial charge is 0.336 e. The minimum absolute atomic E-state index is 0.0474. The van der Waals surface area contributed by atoms with Gasteiger partial charge in [-0.2, -0.15) is 0 Å². The van der Waals surface area contributed by atoms with Crippen molar-refractivity contribution in [2.75, 3.05) is 10.6 Å². The summed E-state index contributed by atoms with van der Waals surface area (Å²) in [6, 6.07) is 13.9. The number of urea groups is 1. The van der Waals surface area contributed by atoms with Gasteiger partial charge in [0.1, 0.15) is 0 Å². The van der Waals surface area contributed by atoms with E-state index in [9.17, 15) is 14.4 Å². The van der Waals surface area contributed by atoms with Crippen LogP contribution in [0.4, 0.5) is 16.2 Å². The number of amides is 3. The average molecular weight is 367 g/mol. The predicted octanol–water partition coefficient (Wildman–Crippen LogP) is 4.13. The van der Waals surface area contributed by atoms with E-state index in [1.807, 2.05) is 32.9 Å². The fraction of sp³-hybridized carbons (Fsp3) is 0.286. The Morgan fingerprint density at radius 2 is 1.37 bits per heavy atom. The van der Waals surface area contributed by atoms with Crippen LogP contribution in [0.3, 0.4) is 0 Å². The zero-order valence-corrected chi connectivity index (χ0v) is 15.8. The Hall–Kier alpha value is -3.15. The van der Waals surface area contributed by atoms with Crippen molar-refractivity contribution in [3.63, 3.8) is 0 Å². The molecule has 0 heterocycles. The highest BCUT2D eigenvalue weighted by atomic mass is 16.2. The molecule has 0 aromatic heterocycles. The Kier molecular flexibility index (Phi) is 7.11. The highest BCUT2D eigenvalue weighted by Crippen LogP contribution is 2.14. The van der Waals surface area contributed by atoms with Crippen LogP contribution in [0, 0.1) is 6.92 Å². The summed E-state index contributed by atoms with van der Waals surface area (Å²) in [4.78, 5) is 35.8. The van der Waals surface area contributed by atoms with Crippen molar-refractivity contribution in [3.8, 4) is 0 Å². The molecule has 0 spiro atoms. The summed E-state index contributed by atoms with van der Waals surface area (Å²) in [5, 5.41) is 8.19. The van der Waals surface area contributed by atoms with Crippen LogP contribution in [0.25, 0.3) is 0 Å². The Morgan fingerprint density at radius 1 is 0.815 bits per heavy atom. The molecule has 2 aromatic carbocycles. The van der Waals surface area contributed by atoms with Crippen LogP contribution in [-0.2, 0) is 4.79 Å². The molecule has 0 aliphatic carbocycles. The van der Waals surface area contributed by atoms with Crippen LogP contribution >= 0.6 is 0 Å². The molecular formula is C21H25N3O3. The zero-order chi connectivity index (χ0) is 19.8. The second-order valence-electron chi connectivity index (χ2n) is 6.67. The van der Waals surface area contributed by atoms with E-state index < -0.39 is 0 Å². The second kappa shape index (κ2) is 9.52. The van der Waals surface area contributed by atoms with Gasteiger partial charge in [-0.15, -0.1) is 0 Å². The normalized spacial score (nSPS) is 10.4. The summed E-state index contributed by atoms with van der Waals surface area (Å²) in [5.41, 5.74) is 2.94. The third-order valence-corrected chi connectivity index (χ3v) is 3.80. The van der Waals surface area contributed by atoms with Gasteiger partial charge in [-0.25, -0.2) is 4.79 Å². The third-order valence-electron chi connectivity index (χ3n) is 3.80. The van der Waals surface area contributed by atoms with E-state index in [1.54, 1.807) is 36.4 Å². The molecule has 27 heavy (non-hydrogen) atoms. The van der Waals surface area contributed by atoms with E-state index in [1.165, 1.54) is 0 Å². The summed E-state index contributed by atoms with van der Waals surface area (Å²) in [7, 11) is 0. The molecule has 3 N–H and O–H groups in total. The number of benzene rings is 2. The van der Waals surface area contributed by atoms with Gasteiger partial charge in [0.05, 0.1) is 0 Å². The number of carbonyl (C=O) groups excluding carboxylic acids is 3. The first kappa shape index (κ1) is 20.2. The molecular weight excluding hydrogens is 342 g/mol. The van der Waals surface area contributed by atoms with Crippen LogP contribution in [0.5, 0.6) is 0 Å². The lowest BCUT2D eigenvalue weighted by molar-refractivity contribution is -0.116. The monoisotopic (exact) mass is 367 g/mol. The van der Waals surface area contributed by atoms with E-state index in [0.29, 0.717) is 16.9 Å². The van der Waals surface area contributed by atoms with E-state index in [4.69, 9.17) is 0 Å². The molecule has 0 saturated carbocycles. The SMILES string of the molecule is Cc1ccc(C(=O)CCC(=O)Nc2ccc(NC(=O)NC(C)C)cc2)cc1. The fourth-order valence-electron chi connectivity index (χ4n) is 2.40. The Morgan fingerprint density at radius 3 is 1.93 bits per heavy atom. The fourth-order valence-corrected chi connectivity index (χ4v) is 2.40. The highest BCUT2D eigenvalue weighted by Gasteiger charge is 2.10. The van der Waals surface area contributed by atoms with E-state index in [2.05, 4.69) is 16.0 Å². The van der Waals surface area contributed by atoms with Crippen molar-refractivity contribution < 1.29 is 14.4 Å². The molecule has 2 rings (SSSR count). The van der Waals surface area contributed by atoms with Crippen molar-refractivity contribution in [3.05, 3.63) is 59.7 Å². The van der Waals surface area contributed by atoms with Gasteiger partial charge in [0.25, 0.3) is 0 Å². The minimum Gasteiger partial charge on any atom is -0.336 e. The van der Waals surface area contributed by atoms with Crippen molar-refractivity contribution in [1.29, 1.82) is 0 Å². The number of rotatable bonds is 7. The molecule has 142 valence electrons. The lowest BCUT2D eigenvalue weighted by atomic mass is 10.0. The van der Waals surface area contributed by atoms with Gasteiger partial charge in [-0.3, -0.25) is 9.59 Å². The summed E-state index contributed by atoms with van der Waals surface area (Å²) in [6.07, 6.45) is 0.271. The topological polar surface area (TPSA) is 87.3 Å². The van der Waals surface area contributed by atoms with Crippen molar-refractivity contribution in [2.24, 2.45) is 0 Å². The predicted molar refractivity (Wildman–Crippen MR) is 107 cm³/mol. The van der Waals surface area contributed by atoms with Crippen LogP contribution in [-0.4, -0.2) is 23.8 Å². The summed E-state index contributed by atoms with van der Waals surface area (Å²) >= 11 is 0. The van der Waals surface area contributed by atoms with Crippen LogP contribution < -0.4 is 16.0 Å². The number of hydrogen-bond donors (Lipinski definition) is 3. The van der Waals surface area contributed by atoms with E-state index in [-0.39, 0.29) is 36.6 Å². The first-order valence-corrected chi connectivity index (χ1v) is 8.91. The van der Waals surface area contributed by atoms with Gasteiger partial charge in [0.15, 0.2) is 5.78 Å². The van der Waals surface area contributed by atoms with E-state index in [0.717, 1.165) is 5.56 Å². The van der Waals surface area contributed by atoms with E-state index >= 15 is 0 Å². The van der Waals surface area contributed by atoms with Gasteiger partial charge in [-0.1, -0.05) is 29.8 Å². The Balaban J connectivity index is 1.80. The van der Waals surface area contributed by atoms with Crippen LogP contribution in [0.15, 0.2) is 48.5 Å². The summed E-state index contributed by atoms with van der Waals surface area (Å²) in [5.74, 6) is -0.283. The molecule has 0 fully saturated rings. The number of ketones is 1. The molecule has 0 aliphatic rings. The molecule has 2 aromatic rings. The molecule has 0 unspecified atom stereocenters. The van der Waals surface area contributed by atoms with Crippen LogP contribution in [0.2, 0.25) is 0 Å². The second-order valence-corrected chi connectivity index (χ2v) is 6.67. The van der Waals surface area contributed by atoms with Gasteiger partial charge >= 0.3 is 6.03 Å². The molecule has 0 radical (unpaired) electrons. The summed E-state index contributed by atoms with van der Waals surface area (Å²) in [6.45, 7) is 5.71. The van der Waals surface area contributed by atoms with Gasteiger partial charge < -0.3 is 16.0 Å². The Labute approximate surface area is 159 Å². The number of nitrogens with one attached hydrogen (secondary N) is 3.